The van der Waals surface area contributed by atoms with Gasteiger partial charge < -0.3 is 10.2 Å². The number of hydrogen-bond donors (Lipinski definition) is 2. The Morgan fingerprint density at radius 1 is 0.727 bits per heavy atom. The van der Waals surface area contributed by atoms with Crippen molar-refractivity contribution < 1.29 is 15.0 Å². The minimum atomic E-state index is -0.733. The molecule has 0 amide bonds. The molecule has 0 saturated heterocycles. The van der Waals surface area contributed by atoms with Crippen LogP contribution in [0.3, 0.4) is 0 Å². The lowest BCUT2D eigenvalue weighted by molar-refractivity contribution is -0.139. The molecular formula is C30H50O3. The molecule has 0 fully saturated rings. The van der Waals surface area contributed by atoms with Gasteiger partial charge in [-0.05, 0) is 57.2 Å². The highest BCUT2D eigenvalue weighted by molar-refractivity contribution is 5.71. The second kappa shape index (κ2) is 19.7. The molecule has 0 heterocycles. The number of carbonyl (C=O) groups is 1. The lowest BCUT2D eigenvalue weighted by atomic mass is 10.0. The highest BCUT2D eigenvalue weighted by Crippen LogP contribution is 2.17. The first kappa shape index (κ1) is 29.3. The molecule has 3 nitrogen and oxygen atoms in total. The molecule has 2 N–H and O–H groups in total. The van der Waals surface area contributed by atoms with Crippen LogP contribution in [0.1, 0.15) is 129 Å². The number of unbranched alkanes of at least 4 members (excludes halogenated alkanes) is 15. The summed E-state index contributed by atoms with van der Waals surface area (Å²) in [6, 6.07) is 7.63. The third-order valence-corrected chi connectivity index (χ3v) is 6.65. The van der Waals surface area contributed by atoms with Crippen LogP contribution in [0.25, 0.3) is 0 Å². The predicted molar refractivity (Wildman–Crippen MR) is 141 cm³/mol. The first-order chi connectivity index (χ1) is 16.0. The zero-order chi connectivity index (χ0) is 24.2. The van der Waals surface area contributed by atoms with Crippen molar-refractivity contribution in [3.8, 4) is 5.75 Å². The first-order valence-corrected chi connectivity index (χ1v) is 13.7. The second-order valence-corrected chi connectivity index (χ2v) is 9.96. The number of carboxylic acid groups (broad SMARTS) is 1. The van der Waals surface area contributed by atoms with Gasteiger partial charge in [0.25, 0.3) is 0 Å². The van der Waals surface area contributed by atoms with Gasteiger partial charge in [-0.1, -0.05) is 114 Å². The Labute approximate surface area is 203 Å². The lowest BCUT2D eigenvalue weighted by Gasteiger charge is -2.05. The lowest BCUT2D eigenvalue weighted by Crippen LogP contribution is -2.06. The third kappa shape index (κ3) is 17.4. The maximum Gasteiger partial charge on any atom is 0.310 e. The van der Waals surface area contributed by atoms with Gasteiger partial charge in [-0.3, -0.25) is 4.79 Å². The quantitative estimate of drug-likeness (QED) is 0.142. The maximum absolute atomic E-state index is 10.9. The van der Waals surface area contributed by atoms with Crippen molar-refractivity contribution >= 4 is 5.97 Å². The fourth-order valence-corrected chi connectivity index (χ4v) is 4.45. The molecule has 33 heavy (non-hydrogen) atoms. The van der Waals surface area contributed by atoms with Crippen molar-refractivity contribution in [3.63, 3.8) is 0 Å². The summed E-state index contributed by atoms with van der Waals surface area (Å²) in [6.07, 6.45) is 25.6. The van der Waals surface area contributed by atoms with Gasteiger partial charge in [-0.2, -0.15) is 0 Å². The molecule has 1 aromatic carbocycles. The zero-order valence-corrected chi connectivity index (χ0v) is 21.5. The van der Waals surface area contributed by atoms with Crippen LogP contribution in [-0.2, 0) is 11.2 Å². The summed E-state index contributed by atoms with van der Waals surface area (Å²) < 4.78 is 0. The monoisotopic (exact) mass is 458 g/mol. The van der Waals surface area contributed by atoms with Crippen LogP contribution in [0.4, 0.5) is 0 Å². The zero-order valence-electron chi connectivity index (χ0n) is 21.5. The fraction of sp³-hybridized carbons (Fsp3) is 0.700. The molecule has 0 aromatic heterocycles. The van der Waals surface area contributed by atoms with E-state index < -0.39 is 5.97 Å². The molecule has 1 atom stereocenters. The van der Waals surface area contributed by atoms with E-state index in [9.17, 15) is 9.90 Å². The first-order valence-electron chi connectivity index (χ1n) is 13.7. The molecule has 3 heteroatoms. The van der Waals surface area contributed by atoms with Gasteiger partial charge >= 0.3 is 5.97 Å². The summed E-state index contributed by atoms with van der Waals surface area (Å²) in [5, 5.41) is 18.2. The van der Waals surface area contributed by atoms with E-state index in [1.165, 1.54) is 114 Å². The summed E-state index contributed by atoms with van der Waals surface area (Å²) in [6.45, 7) is 3.80. The van der Waals surface area contributed by atoms with Gasteiger partial charge in [0.05, 0.1) is 5.92 Å². The number of rotatable bonds is 21. The number of hydrogen-bond acceptors (Lipinski definition) is 2. The highest BCUT2D eigenvalue weighted by atomic mass is 16.4. The number of allylic oxidation sites excluding steroid dienone is 1. The molecule has 1 unspecified atom stereocenters. The van der Waals surface area contributed by atoms with Crippen LogP contribution in [-0.4, -0.2) is 16.2 Å². The summed E-state index contributed by atoms with van der Waals surface area (Å²) in [5.74, 6) is -0.738. The molecule has 1 aromatic rings. The van der Waals surface area contributed by atoms with Gasteiger partial charge in [0, 0.05) is 0 Å². The molecule has 0 spiro atoms. The van der Waals surface area contributed by atoms with Crippen LogP contribution < -0.4 is 0 Å². The highest BCUT2D eigenvalue weighted by Gasteiger charge is 2.07. The Morgan fingerprint density at radius 2 is 1.12 bits per heavy atom. The van der Waals surface area contributed by atoms with Gasteiger partial charge in [0.1, 0.15) is 5.75 Å². The van der Waals surface area contributed by atoms with E-state index in [1.807, 2.05) is 18.2 Å². The number of carboxylic acids is 1. The van der Waals surface area contributed by atoms with Crippen LogP contribution in [0, 0.1) is 5.92 Å². The summed E-state index contributed by atoms with van der Waals surface area (Å²) in [4.78, 5) is 10.9. The summed E-state index contributed by atoms with van der Waals surface area (Å²) in [7, 11) is 0. The van der Waals surface area contributed by atoms with Gasteiger partial charge in [0.2, 0.25) is 0 Å². The van der Waals surface area contributed by atoms with Gasteiger partial charge in [-0.25, -0.2) is 0 Å². The maximum atomic E-state index is 10.9. The Bertz CT molecular complexity index is 632. The van der Waals surface area contributed by atoms with Gasteiger partial charge in [-0.15, -0.1) is 0 Å². The topological polar surface area (TPSA) is 57.5 Å². The Kier molecular flexibility index (Phi) is 17.4. The van der Waals surface area contributed by atoms with Crippen LogP contribution >= 0.6 is 0 Å². The fourth-order valence-electron chi connectivity index (χ4n) is 4.45. The molecule has 0 aliphatic heterocycles. The Morgan fingerprint density at radius 3 is 1.55 bits per heavy atom. The van der Waals surface area contributed by atoms with E-state index in [4.69, 9.17) is 5.11 Å². The van der Waals surface area contributed by atoms with Crippen LogP contribution in [0.5, 0.6) is 5.75 Å². The average Bonchev–Trinajstić information content (AvgIpc) is 2.79. The molecule has 0 aliphatic carbocycles. The molecule has 1 rings (SSSR count). The smallest absolute Gasteiger partial charge is 0.310 e. The average molecular weight is 459 g/mol. The Balaban J connectivity index is 1.76. The van der Waals surface area contributed by atoms with Crippen molar-refractivity contribution in [2.75, 3.05) is 0 Å². The summed E-state index contributed by atoms with van der Waals surface area (Å²) in [5.41, 5.74) is 2.55. The van der Waals surface area contributed by atoms with Crippen molar-refractivity contribution in [1.29, 1.82) is 0 Å². The third-order valence-electron chi connectivity index (χ3n) is 6.65. The summed E-state index contributed by atoms with van der Waals surface area (Å²) >= 11 is 0. The molecular weight excluding hydrogens is 408 g/mol. The second-order valence-electron chi connectivity index (χ2n) is 9.96. The van der Waals surface area contributed by atoms with Crippen LogP contribution in [0.15, 0.2) is 35.9 Å². The number of aromatic hydroxyl groups is 1. The molecule has 0 radical (unpaired) electrons. The number of benzene rings is 1. The molecule has 188 valence electrons. The number of phenolic OH excluding ortho intramolecular Hbond substituents is 1. The number of aryl methyl sites for hydroxylation is 1. The molecule has 0 aliphatic rings. The number of phenols is 1. The van der Waals surface area contributed by atoms with Crippen molar-refractivity contribution in [3.05, 3.63) is 41.5 Å². The van der Waals surface area contributed by atoms with E-state index >= 15 is 0 Å². The SMILES string of the molecule is C/C(=C\C(C)C(=O)O)CCCCCCCCCCCCCCCCCCc1ccc(O)cc1. The van der Waals surface area contributed by atoms with E-state index in [1.54, 1.807) is 19.1 Å². The van der Waals surface area contributed by atoms with Crippen LogP contribution in [0.2, 0.25) is 0 Å². The predicted octanol–water partition coefficient (Wildman–Crippen LogP) is 9.23. The number of aliphatic carboxylic acids is 1. The largest absolute Gasteiger partial charge is 0.508 e. The Hall–Kier alpha value is -1.77. The van der Waals surface area contributed by atoms with Gasteiger partial charge in [0.15, 0.2) is 0 Å². The minimum Gasteiger partial charge on any atom is -0.508 e. The van der Waals surface area contributed by atoms with Crippen molar-refractivity contribution in [2.45, 2.75) is 129 Å². The minimum absolute atomic E-state index is 0.358. The van der Waals surface area contributed by atoms with E-state index in [2.05, 4.69) is 6.92 Å². The standard InChI is InChI=1S/C30H50O3/c1-26(25-27(2)30(32)33)19-17-15-13-11-9-7-5-3-4-6-8-10-12-14-16-18-20-28-21-23-29(31)24-22-28/h21-25,27,31H,3-20H2,1-2H3,(H,32,33)/b26-25+. The normalized spacial score (nSPS) is 12.7. The molecule has 0 bridgehead atoms. The molecule has 0 saturated carbocycles. The van der Waals surface area contributed by atoms with Crippen molar-refractivity contribution in [2.24, 2.45) is 5.92 Å². The van der Waals surface area contributed by atoms with E-state index in [0.29, 0.717) is 5.75 Å². The van der Waals surface area contributed by atoms with E-state index in [0.717, 1.165) is 12.8 Å². The van der Waals surface area contributed by atoms with E-state index in [-0.39, 0.29) is 5.92 Å². The van der Waals surface area contributed by atoms with Crippen molar-refractivity contribution in [1.82, 2.24) is 0 Å².